The monoisotopic (exact) mass is 1250 g/mol. The van der Waals surface area contributed by atoms with Crippen LogP contribution < -0.4 is 4.74 Å². The van der Waals surface area contributed by atoms with Gasteiger partial charge in [0.05, 0.1) is 76.8 Å². The number of rotatable bonds is 34. The predicted octanol–water partition coefficient (Wildman–Crippen LogP) is 14.7. The molecule has 1 N–H and O–H groups in total. The number of hydrogen-bond donors (Lipinski definition) is 1. The van der Waals surface area contributed by atoms with Crippen LogP contribution in [0.2, 0.25) is 36.3 Å². The molecule has 492 valence electrons. The van der Waals surface area contributed by atoms with Crippen LogP contribution in [0.25, 0.3) is 0 Å². The fourth-order valence-corrected chi connectivity index (χ4v) is 14.3. The van der Waals surface area contributed by atoms with Gasteiger partial charge in [0, 0.05) is 50.8 Å². The van der Waals surface area contributed by atoms with E-state index >= 15 is 4.79 Å². The number of ether oxygens (including phenoxy) is 10. The molecule has 17 heteroatoms. The van der Waals surface area contributed by atoms with Crippen LogP contribution in [0.15, 0.2) is 90.6 Å². The normalized spacial score (nSPS) is 23.4. The molecule has 0 aliphatic carbocycles. The third-order valence-corrected chi connectivity index (χ3v) is 28.1. The molecule has 2 aromatic carbocycles. The van der Waals surface area contributed by atoms with Crippen LogP contribution in [0.1, 0.15) is 164 Å². The molecule has 0 saturated carbocycles. The van der Waals surface area contributed by atoms with Gasteiger partial charge in [-0.15, -0.1) is 0 Å². The second-order valence-corrected chi connectivity index (χ2v) is 37.9. The third-order valence-electron chi connectivity index (χ3n) is 19.1. The molecule has 0 radical (unpaired) electrons. The summed E-state index contributed by atoms with van der Waals surface area (Å²) in [5.74, 6) is -0.275. The van der Waals surface area contributed by atoms with Crippen LogP contribution >= 0.6 is 0 Å². The number of carbonyl (C=O) groups is 2. The first-order valence-electron chi connectivity index (χ1n) is 32.2. The van der Waals surface area contributed by atoms with E-state index in [9.17, 15) is 9.90 Å². The largest absolute Gasteiger partial charge is 0.497 e. The zero-order valence-corrected chi connectivity index (χ0v) is 58.5. The highest BCUT2D eigenvalue weighted by Gasteiger charge is 2.54. The minimum atomic E-state index is -2.32. The molecule has 0 aromatic heterocycles. The Morgan fingerprint density at radius 3 is 2.11 bits per heavy atom. The van der Waals surface area contributed by atoms with Crippen molar-refractivity contribution in [2.24, 2.45) is 11.3 Å². The topological polar surface area (TPSA) is 165 Å². The SMILES string of the molecule is C=C1C[C@@H](C[C@H]2C[C@@H](O[Si](C)(C)C(C)(C)C)C[C@@H](CC(CCO)OCc3ccc(OC)cc3)O2)O[C@@H](/C=C/C(C)(C)[C@](CC(=CC(=O)OC)C[C@H](CC)C[C@@H](O[Si](C)(C)C(C)(C)C)[C@@H](C)OCOCc2ccccc2)(OC)C(=O)OC2CCCOC2)C1. The van der Waals surface area contributed by atoms with Crippen LogP contribution in [0.5, 0.6) is 5.75 Å². The summed E-state index contributed by atoms with van der Waals surface area (Å²) in [5.41, 5.74) is 1.19. The second-order valence-electron chi connectivity index (χ2n) is 28.4. The van der Waals surface area contributed by atoms with Crippen molar-refractivity contribution in [3.05, 3.63) is 102 Å². The van der Waals surface area contributed by atoms with E-state index < -0.39 is 45.7 Å². The molecule has 15 nitrogen and oxygen atoms in total. The number of esters is 2. The molecule has 0 amide bonds. The van der Waals surface area contributed by atoms with Gasteiger partial charge in [-0.25, -0.2) is 9.59 Å². The summed E-state index contributed by atoms with van der Waals surface area (Å²) in [6.45, 7) is 37.1. The van der Waals surface area contributed by atoms with Crippen LogP contribution in [-0.4, -0.2) is 142 Å². The molecular formula is C70H114O15Si2. The molecule has 3 aliphatic heterocycles. The Morgan fingerprint density at radius 1 is 0.828 bits per heavy atom. The number of benzene rings is 2. The molecule has 87 heavy (non-hydrogen) atoms. The average molecular weight is 1250 g/mol. The Balaban J connectivity index is 1.41. The Kier molecular flexibility index (Phi) is 29.2. The minimum Gasteiger partial charge on any atom is -0.497 e. The van der Waals surface area contributed by atoms with Gasteiger partial charge in [0.1, 0.15) is 18.6 Å². The first-order chi connectivity index (χ1) is 40.9. The molecule has 11 atom stereocenters. The first-order valence-corrected chi connectivity index (χ1v) is 38.0. The lowest BCUT2D eigenvalue weighted by Gasteiger charge is -2.45. The highest BCUT2D eigenvalue weighted by molar-refractivity contribution is 6.74. The molecular weight excluding hydrogens is 1140 g/mol. The van der Waals surface area contributed by atoms with Crippen molar-refractivity contribution in [1.29, 1.82) is 0 Å². The van der Waals surface area contributed by atoms with E-state index in [1.807, 2.05) is 87.5 Å². The molecule has 3 saturated heterocycles. The van der Waals surface area contributed by atoms with Crippen LogP contribution in [0, 0.1) is 11.3 Å². The molecule has 2 aromatic rings. The summed E-state index contributed by atoms with van der Waals surface area (Å²) < 4.78 is 76.8. The van der Waals surface area contributed by atoms with Crippen molar-refractivity contribution in [1.82, 2.24) is 0 Å². The Bertz CT molecular complexity index is 2440. The van der Waals surface area contributed by atoms with Crippen molar-refractivity contribution in [2.45, 2.75) is 263 Å². The summed E-state index contributed by atoms with van der Waals surface area (Å²) in [7, 11) is 0.0838. The summed E-state index contributed by atoms with van der Waals surface area (Å²) in [6, 6.07) is 17.9. The van der Waals surface area contributed by atoms with E-state index in [1.165, 1.54) is 13.2 Å². The Hall–Kier alpha value is -3.57. The first kappa shape index (κ1) is 74.2. The van der Waals surface area contributed by atoms with Crippen molar-refractivity contribution < 1.29 is 70.9 Å². The quantitative estimate of drug-likeness (QED) is 0.0176. The summed E-state index contributed by atoms with van der Waals surface area (Å²) in [5, 5.41) is 10.1. The highest BCUT2D eigenvalue weighted by Crippen LogP contribution is 2.46. The molecule has 3 heterocycles. The molecule has 2 unspecified atom stereocenters. The summed E-state index contributed by atoms with van der Waals surface area (Å²) in [6.07, 6.45) is 11.1. The maximum Gasteiger partial charge on any atom is 0.339 e. The lowest BCUT2D eigenvalue weighted by atomic mass is 9.69. The number of carbonyl (C=O) groups excluding carboxylic acids is 2. The Morgan fingerprint density at radius 2 is 1.51 bits per heavy atom. The highest BCUT2D eigenvalue weighted by atomic mass is 28.4. The van der Waals surface area contributed by atoms with E-state index in [2.05, 4.69) is 81.2 Å². The van der Waals surface area contributed by atoms with Crippen LogP contribution in [0.4, 0.5) is 0 Å². The molecule has 5 rings (SSSR count). The second kappa shape index (κ2) is 34.2. The maximum atomic E-state index is 15.3. The number of methoxy groups -OCH3 is 3. The molecule has 0 bridgehead atoms. The van der Waals surface area contributed by atoms with Crippen LogP contribution in [0.3, 0.4) is 0 Å². The van der Waals surface area contributed by atoms with E-state index in [4.69, 9.17) is 56.2 Å². The van der Waals surface area contributed by atoms with Crippen molar-refractivity contribution in [3.63, 3.8) is 0 Å². The van der Waals surface area contributed by atoms with Gasteiger partial charge in [0.2, 0.25) is 0 Å². The van der Waals surface area contributed by atoms with Crippen molar-refractivity contribution >= 4 is 28.6 Å². The fourth-order valence-electron chi connectivity index (χ4n) is 11.5. The fraction of sp³-hybridized carbons (Fsp3) is 0.714. The van der Waals surface area contributed by atoms with Gasteiger partial charge in [-0.3, -0.25) is 0 Å². The molecule has 0 spiro atoms. The van der Waals surface area contributed by atoms with Gasteiger partial charge >= 0.3 is 11.9 Å². The number of hydrogen-bond acceptors (Lipinski definition) is 15. The third kappa shape index (κ3) is 23.0. The number of aliphatic hydroxyl groups excluding tert-OH is 1. The van der Waals surface area contributed by atoms with Gasteiger partial charge in [-0.1, -0.05) is 141 Å². The predicted molar refractivity (Wildman–Crippen MR) is 349 cm³/mol. The average Bonchev–Trinajstić information content (AvgIpc) is 0.848. The van der Waals surface area contributed by atoms with Gasteiger partial charge in [-0.2, -0.15) is 0 Å². The van der Waals surface area contributed by atoms with Crippen LogP contribution in [-0.2, 0) is 74.3 Å². The van der Waals surface area contributed by atoms with Gasteiger partial charge in [0.25, 0.3) is 0 Å². The Labute approximate surface area is 526 Å². The smallest absolute Gasteiger partial charge is 0.339 e. The standard InChI is InChI=1S/C70H114O15Si2/c1-19-52(39-64(85-87(17,18)68(7,8)9)51(3)80-49-78-46-53-24-21-20-22-25-53)38-55(40-65(72)75-13)45-70(76-14,66(73)83-59-26-23-35-77-48-59)69(10,11)33-31-58-36-50(2)37-60(81-58)42-62-44-63(84-86(15,16)67(4,5)6)43-61(82-62)41-57(32-34-71)79-47-54-27-29-56(74-12)30-28-54/h20-22,24-25,27-31,33,40,51-52,57-64,71H,2,19,23,26,32,34-39,41-49H2,1,3-18H3/b33-31+,55-40?/t51-,52+,57?,58+,59?,60+,61-,62+,63+,64-,70-/m1/s1. The maximum absolute atomic E-state index is 15.3. The van der Waals surface area contributed by atoms with Crippen molar-refractivity contribution in [3.8, 4) is 5.75 Å². The van der Waals surface area contributed by atoms with Gasteiger partial charge in [-0.05, 0) is 137 Å². The number of aliphatic hydroxyl groups is 1. The van der Waals surface area contributed by atoms with Gasteiger partial charge < -0.3 is 61.3 Å². The van der Waals surface area contributed by atoms with Gasteiger partial charge in [0.15, 0.2) is 22.2 Å². The lowest BCUT2D eigenvalue weighted by molar-refractivity contribution is -0.192. The molecule has 3 fully saturated rings. The molecule has 3 aliphatic rings. The van der Waals surface area contributed by atoms with E-state index in [0.717, 1.165) is 48.1 Å². The van der Waals surface area contributed by atoms with E-state index in [1.54, 1.807) is 14.2 Å². The zero-order valence-electron chi connectivity index (χ0n) is 56.5. The zero-order chi connectivity index (χ0) is 64.2. The van der Waals surface area contributed by atoms with Crippen molar-refractivity contribution in [2.75, 3.05) is 47.9 Å². The minimum absolute atomic E-state index is 0.000696. The summed E-state index contributed by atoms with van der Waals surface area (Å²) in [4.78, 5) is 28.8. The van der Waals surface area contributed by atoms with E-state index in [-0.39, 0.29) is 91.3 Å². The lowest BCUT2D eigenvalue weighted by Crippen LogP contribution is -2.55. The summed E-state index contributed by atoms with van der Waals surface area (Å²) >= 11 is 0. The van der Waals surface area contributed by atoms with E-state index in [0.29, 0.717) is 76.8 Å².